The molecule has 5 heteroatoms. The highest BCUT2D eigenvalue weighted by atomic mass is 79.9. The minimum atomic E-state index is -0.625. The Hall–Kier alpha value is -0.970. The number of allylic oxidation sites excluding steroid dienone is 2. The summed E-state index contributed by atoms with van der Waals surface area (Å²) in [7, 11) is 0. The summed E-state index contributed by atoms with van der Waals surface area (Å²) >= 11 is 3.21. The average Bonchev–Trinajstić information content (AvgIpc) is 2.30. The molecule has 2 aliphatic rings. The minimum absolute atomic E-state index is 0.261. The first-order valence-electron chi connectivity index (χ1n) is 5.17. The van der Waals surface area contributed by atoms with Crippen molar-refractivity contribution in [3.8, 4) is 0 Å². The molecule has 0 fully saturated rings. The Bertz CT molecular complexity index is 414. The van der Waals surface area contributed by atoms with Crippen LogP contribution in [0, 0.1) is 0 Å². The fraction of sp³-hybridized carbons (Fsp3) is 0.455. The molecular weight excluding hydrogens is 275 g/mol. The quantitative estimate of drug-likeness (QED) is 0.774. The molecule has 1 N–H and O–H groups in total. The molecule has 1 heterocycles. The van der Waals surface area contributed by atoms with E-state index in [-0.39, 0.29) is 17.8 Å². The molecule has 0 saturated carbocycles. The number of fused-ring (bicyclic) bond motifs is 1. The lowest BCUT2D eigenvalue weighted by Crippen LogP contribution is -2.51. The third-order valence-corrected chi connectivity index (χ3v) is 3.35. The fourth-order valence-electron chi connectivity index (χ4n) is 1.84. The molecule has 0 bridgehead atoms. The fourth-order valence-corrected chi connectivity index (χ4v) is 2.30. The molecule has 1 amide bonds. The van der Waals surface area contributed by atoms with E-state index >= 15 is 0 Å². The summed E-state index contributed by atoms with van der Waals surface area (Å²) in [5.41, 5.74) is 1.05. The van der Waals surface area contributed by atoms with Gasteiger partial charge in [0.1, 0.15) is 11.9 Å². The zero-order chi connectivity index (χ0) is 11.7. The first kappa shape index (κ1) is 11.5. The average molecular weight is 287 g/mol. The van der Waals surface area contributed by atoms with Crippen molar-refractivity contribution >= 4 is 27.5 Å². The van der Waals surface area contributed by atoms with E-state index in [0.29, 0.717) is 23.0 Å². The molecule has 3 nitrogen and oxygen atoms in total. The van der Waals surface area contributed by atoms with E-state index in [2.05, 4.69) is 26.2 Å². The smallest absolute Gasteiger partial charge is 0.265 e. The Morgan fingerprint density at radius 1 is 1.62 bits per heavy atom. The van der Waals surface area contributed by atoms with Crippen molar-refractivity contribution in [2.45, 2.75) is 25.4 Å². The molecular formula is C11H12BrFN2O. The van der Waals surface area contributed by atoms with Gasteiger partial charge in [-0.05, 0) is 12.0 Å². The van der Waals surface area contributed by atoms with Crippen LogP contribution in [0.15, 0.2) is 28.5 Å². The number of carbonyl (C=O) groups is 1. The van der Waals surface area contributed by atoms with Crippen molar-refractivity contribution in [2.75, 3.05) is 5.33 Å². The van der Waals surface area contributed by atoms with Crippen LogP contribution in [-0.2, 0) is 4.79 Å². The predicted molar refractivity (Wildman–Crippen MR) is 64.5 cm³/mol. The molecule has 86 valence electrons. The summed E-state index contributed by atoms with van der Waals surface area (Å²) in [6.45, 7) is 1.86. The Morgan fingerprint density at radius 2 is 2.38 bits per heavy atom. The number of nitrogens with one attached hydrogen (secondary N) is 1. The zero-order valence-corrected chi connectivity index (χ0v) is 10.4. The molecule has 2 unspecified atom stereocenters. The van der Waals surface area contributed by atoms with Crippen LogP contribution >= 0.6 is 15.9 Å². The maximum Gasteiger partial charge on any atom is 0.265 e. The van der Waals surface area contributed by atoms with Crippen LogP contribution in [0.25, 0.3) is 0 Å². The van der Waals surface area contributed by atoms with Crippen LogP contribution in [0.5, 0.6) is 0 Å². The van der Waals surface area contributed by atoms with Gasteiger partial charge >= 0.3 is 0 Å². The van der Waals surface area contributed by atoms with Gasteiger partial charge in [0, 0.05) is 5.33 Å². The van der Waals surface area contributed by atoms with Crippen LogP contribution in [0.1, 0.15) is 13.3 Å². The molecule has 0 radical (unpaired) electrons. The third kappa shape index (κ3) is 1.84. The maximum absolute atomic E-state index is 13.9. The van der Waals surface area contributed by atoms with Gasteiger partial charge < -0.3 is 5.32 Å². The van der Waals surface area contributed by atoms with Gasteiger partial charge in [-0.2, -0.15) is 0 Å². The lowest BCUT2D eigenvalue weighted by atomic mass is 9.95. The van der Waals surface area contributed by atoms with Gasteiger partial charge in [0.2, 0.25) is 0 Å². The zero-order valence-electron chi connectivity index (χ0n) is 8.84. The van der Waals surface area contributed by atoms with E-state index in [9.17, 15) is 9.18 Å². The van der Waals surface area contributed by atoms with E-state index < -0.39 is 6.04 Å². The highest BCUT2D eigenvalue weighted by molar-refractivity contribution is 9.09. The van der Waals surface area contributed by atoms with Crippen LogP contribution in [-0.4, -0.2) is 29.0 Å². The number of aliphatic imine (C=N–C) groups is 1. The number of hydrogen-bond acceptors (Lipinski definition) is 2. The normalized spacial score (nSPS) is 28.7. The lowest BCUT2D eigenvalue weighted by molar-refractivity contribution is -0.116. The van der Waals surface area contributed by atoms with Gasteiger partial charge in [-0.3, -0.25) is 9.79 Å². The molecule has 0 aromatic carbocycles. The van der Waals surface area contributed by atoms with Crippen molar-refractivity contribution in [1.29, 1.82) is 0 Å². The summed E-state index contributed by atoms with van der Waals surface area (Å²) in [6.07, 6.45) is 4.12. The van der Waals surface area contributed by atoms with Crippen LogP contribution in [0.3, 0.4) is 0 Å². The molecule has 0 saturated heterocycles. The van der Waals surface area contributed by atoms with Crippen molar-refractivity contribution in [2.24, 2.45) is 4.99 Å². The first-order valence-corrected chi connectivity index (χ1v) is 6.29. The Morgan fingerprint density at radius 3 is 3.00 bits per heavy atom. The van der Waals surface area contributed by atoms with E-state index in [0.717, 1.165) is 0 Å². The molecule has 16 heavy (non-hydrogen) atoms. The molecule has 0 aromatic heterocycles. The standard InChI is InChI=1S/C11H12BrFN2O/c1-2-7-11(16)15-10-8(14-7)4-3-6(5-12)9(10)13/h3-4,8,10H,2,5H2,1H3,(H,15,16). The van der Waals surface area contributed by atoms with Crippen molar-refractivity contribution in [3.63, 3.8) is 0 Å². The molecule has 2 atom stereocenters. The maximum atomic E-state index is 13.9. The summed E-state index contributed by atoms with van der Waals surface area (Å²) < 4.78 is 13.9. The number of halogens is 2. The van der Waals surface area contributed by atoms with Crippen molar-refractivity contribution in [1.82, 2.24) is 5.32 Å². The monoisotopic (exact) mass is 286 g/mol. The molecule has 0 spiro atoms. The van der Waals surface area contributed by atoms with Crippen LogP contribution in [0.4, 0.5) is 4.39 Å². The Balaban J connectivity index is 2.34. The topological polar surface area (TPSA) is 41.5 Å². The molecule has 1 aliphatic heterocycles. The van der Waals surface area contributed by atoms with Crippen LogP contribution in [0.2, 0.25) is 0 Å². The second-order valence-corrected chi connectivity index (χ2v) is 4.30. The first-order chi connectivity index (χ1) is 7.67. The summed E-state index contributed by atoms with van der Waals surface area (Å²) in [4.78, 5) is 15.8. The number of nitrogens with zero attached hydrogens (tertiary/aromatic N) is 1. The highest BCUT2D eigenvalue weighted by Crippen LogP contribution is 2.26. The summed E-state index contributed by atoms with van der Waals surface area (Å²) in [5, 5.41) is 3.10. The Kier molecular flexibility index (Phi) is 3.23. The largest absolute Gasteiger partial charge is 0.339 e. The van der Waals surface area contributed by atoms with E-state index in [1.807, 2.05) is 13.0 Å². The van der Waals surface area contributed by atoms with Crippen molar-refractivity contribution in [3.05, 3.63) is 23.6 Å². The Labute approximate surface area is 102 Å². The summed E-state index contributed by atoms with van der Waals surface area (Å²) in [6, 6.07) is -0.921. The van der Waals surface area contributed by atoms with E-state index in [1.54, 1.807) is 6.08 Å². The number of alkyl halides is 1. The highest BCUT2D eigenvalue weighted by Gasteiger charge is 2.34. The second kappa shape index (κ2) is 4.49. The lowest BCUT2D eigenvalue weighted by Gasteiger charge is -2.30. The van der Waals surface area contributed by atoms with Gasteiger partial charge in [-0.1, -0.05) is 35.0 Å². The minimum Gasteiger partial charge on any atom is -0.339 e. The second-order valence-electron chi connectivity index (χ2n) is 3.74. The van der Waals surface area contributed by atoms with E-state index in [1.165, 1.54) is 0 Å². The van der Waals surface area contributed by atoms with Gasteiger partial charge in [0.25, 0.3) is 5.91 Å². The molecule has 0 aromatic rings. The predicted octanol–water partition coefficient (Wildman–Crippen LogP) is 1.89. The van der Waals surface area contributed by atoms with Gasteiger partial charge in [-0.25, -0.2) is 4.39 Å². The third-order valence-electron chi connectivity index (χ3n) is 2.75. The van der Waals surface area contributed by atoms with Gasteiger partial charge in [0.05, 0.1) is 11.8 Å². The SMILES string of the molecule is CCC1=NC2C=CC(CBr)=C(F)C2NC1=O. The molecule has 2 rings (SSSR count). The number of hydrogen-bond donors (Lipinski definition) is 1. The van der Waals surface area contributed by atoms with Gasteiger partial charge in [0.15, 0.2) is 0 Å². The van der Waals surface area contributed by atoms with Gasteiger partial charge in [-0.15, -0.1) is 0 Å². The van der Waals surface area contributed by atoms with E-state index in [4.69, 9.17) is 0 Å². The van der Waals surface area contributed by atoms with Crippen molar-refractivity contribution < 1.29 is 9.18 Å². The number of carbonyl (C=O) groups excluding carboxylic acids is 1. The molecule has 1 aliphatic carbocycles. The van der Waals surface area contributed by atoms with Crippen LogP contribution < -0.4 is 5.32 Å². The summed E-state index contributed by atoms with van der Waals surface area (Å²) in [5.74, 6) is -0.556. The number of amides is 1. The number of rotatable bonds is 2.